The summed E-state index contributed by atoms with van der Waals surface area (Å²) in [6.45, 7) is 1.48. The van der Waals surface area contributed by atoms with Gasteiger partial charge in [-0.1, -0.05) is 36.8 Å². The van der Waals surface area contributed by atoms with Crippen molar-refractivity contribution in [3.8, 4) is 0 Å². The maximum atomic E-state index is 13.8. The molecule has 1 aliphatic carbocycles. The zero-order valence-corrected chi connectivity index (χ0v) is 18.7. The van der Waals surface area contributed by atoms with Crippen LogP contribution >= 0.6 is 0 Å². The minimum atomic E-state index is -0.237. The lowest BCUT2D eigenvalue weighted by atomic mass is 9.84. The Hall–Kier alpha value is -2.77. The van der Waals surface area contributed by atoms with E-state index in [9.17, 15) is 9.18 Å². The monoisotopic (exact) mass is 447 g/mol. The van der Waals surface area contributed by atoms with Gasteiger partial charge in [0.15, 0.2) is 0 Å². The maximum Gasteiger partial charge on any atom is 0.241 e. The molecule has 2 unspecified atom stereocenters. The van der Waals surface area contributed by atoms with Crippen molar-refractivity contribution in [1.29, 1.82) is 0 Å². The normalized spacial score (nSPS) is 24.3. The molecule has 6 nitrogen and oxygen atoms in total. The molecule has 3 fully saturated rings. The summed E-state index contributed by atoms with van der Waals surface area (Å²) < 4.78 is 16.2. The average molecular weight is 448 g/mol. The number of likely N-dealkylation sites (tertiary alicyclic amines) is 1. The highest BCUT2D eigenvalue weighted by Crippen LogP contribution is 2.40. The third-order valence-electron chi connectivity index (χ3n) is 7.69. The van der Waals surface area contributed by atoms with E-state index in [1.807, 2.05) is 29.2 Å². The average Bonchev–Trinajstić information content (AvgIpc) is 3.43. The number of halogens is 1. The summed E-state index contributed by atoms with van der Waals surface area (Å²) in [6.07, 6.45) is 6.11. The lowest BCUT2D eigenvalue weighted by Gasteiger charge is -2.36. The van der Waals surface area contributed by atoms with E-state index in [0.29, 0.717) is 12.0 Å². The Morgan fingerprint density at radius 1 is 1.00 bits per heavy atom. The molecule has 2 aliphatic heterocycles. The van der Waals surface area contributed by atoms with Crippen molar-refractivity contribution >= 4 is 16.9 Å². The summed E-state index contributed by atoms with van der Waals surface area (Å²) in [6, 6.07) is 15.5. The Balaban J connectivity index is 1.15. The van der Waals surface area contributed by atoms with Gasteiger partial charge in [0.05, 0.1) is 11.0 Å². The first-order valence-corrected chi connectivity index (χ1v) is 12.2. The van der Waals surface area contributed by atoms with E-state index >= 15 is 0 Å². The van der Waals surface area contributed by atoms with Gasteiger partial charge in [0.1, 0.15) is 17.7 Å². The first kappa shape index (κ1) is 20.8. The second-order valence-corrected chi connectivity index (χ2v) is 9.70. The van der Waals surface area contributed by atoms with Crippen molar-refractivity contribution in [1.82, 2.24) is 25.3 Å². The number of nitrogens with one attached hydrogen (secondary N) is 2. The lowest BCUT2D eigenvalue weighted by Crippen LogP contribution is -2.48. The maximum absolute atomic E-state index is 13.8. The number of amides is 1. The molecule has 2 aromatic carbocycles. The standard InChI is InChI=1S/C26H30FN5O/c27-19-9-10-24-22(15-19)28-25(18-7-4-8-18)32(24)20-11-13-31(14-12-20)26(33)23-16-21(29-30-23)17-5-2-1-3-6-17/h1-3,5-6,9-10,15,18,20-21,23,29-30H,4,7-8,11-14,16H2. The highest BCUT2D eigenvalue weighted by Gasteiger charge is 2.36. The van der Waals surface area contributed by atoms with Crippen molar-refractivity contribution in [3.63, 3.8) is 0 Å². The second kappa shape index (κ2) is 8.54. The molecule has 33 heavy (non-hydrogen) atoms. The summed E-state index contributed by atoms with van der Waals surface area (Å²) in [5.74, 6) is 1.53. The number of fused-ring (bicyclic) bond motifs is 1. The molecule has 0 spiro atoms. The first-order valence-electron chi connectivity index (χ1n) is 12.2. The molecule has 2 atom stereocenters. The van der Waals surface area contributed by atoms with E-state index in [-0.39, 0.29) is 23.8 Å². The highest BCUT2D eigenvalue weighted by molar-refractivity contribution is 5.82. The molecule has 7 heteroatoms. The Labute approximate surface area is 193 Å². The van der Waals surface area contributed by atoms with Gasteiger partial charge in [-0.15, -0.1) is 0 Å². The zero-order chi connectivity index (χ0) is 22.4. The van der Waals surface area contributed by atoms with Crippen LogP contribution < -0.4 is 10.9 Å². The molecule has 3 aromatic rings. The molecule has 0 bridgehead atoms. The van der Waals surface area contributed by atoms with Crippen LogP contribution in [-0.2, 0) is 4.79 Å². The van der Waals surface area contributed by atoms with Crippen LogP contribution in [0.5, 0.6) is 0 Å². The smallest absolute Gasteiger partial charge is 0.241 e. The van der Waals surface area contributed by atoms with Gasteiger partial charge in [0.2, 0.25) is 5.91 Å². The number of rotatable bonds is 4. The highest BCUT2D eigenvalue weighted by atomic mass is 19.1. The van der Waals surface area contributed by atoms with Crippen molar-refractivity contribution in [3.05, 3.63) is 65.7 Å². The summed E-state index contributed by atoms with van der Waals surface area (Å²) in [4.78, 5) is 20.1. The molecular formula is C26H30FN5O. The van der Waals surface area contributed by atoms with Crippen LogP contribution in [0.4, 0.5) is 4.39 Å². The number of benzene rings is 2. The van der Waals surface area contributed by atoms with Gasteiger partial charge in [-0.25, -0.2) is 20.2 Å². The SMILES string of the molecule is O=C(C1CC(c2ccccc2)NN1)N1CCC(n2c(C3CCC3)nc3cc(F)ccc32)CC1. The van der Waals surface area contributed by atoms with Gasteiger partial charge < -0.3 is 9.47 Å². The minimum absolute atomic E-state index is 0.153. The minimum Gasteiger partial charge on any atom is -0.341 e. The summed E-state index contributed by atoms with van der Waals surface area (Å²) in [5.41, 5.74) is 9.49. The van der Waals surface area contributed by atoms with E-state index in [4.69, 9.17) is 4.98 Å². The van der Waals surface area contributed by atoms with Gasteiger partial charge in [-0.3, -0.25) is 4.79 Å². The quantitative estimate of drug-likeness (QED) is 0.629. The van der Waals surface area contributed by atoms with Gasteiger partial charge in [0, 0.05) is 37.2 Å². The van der Waals surface area contributed by atoms with Gasteiger partial charge in [-0.2, -0.15) is 0 Å². The first-order chi connectivity index (χ1) is 16.2. The number of carbonyl (C=O) groups excluding carboxylic acids is 1. The number of carbonyl (C=O) groups is 1. The molecule has 1 amide bonds. The van der Waals surface area contributed by atoms with Crippen LogP contribution in [0.3, 0.4) is 0 Å². The molecule has 2 N–H and O–H groups in total. The van der Waals surface area contributed by atoms with Crippen molar-refractivity contribution in [2.75, 3.05) is 13.1 Å². The van der Waals surface area contributed by atoms with E-state index in [1.54, 1.807) is 6.07 Å². The number of piperidine rings is 1. The van der Waals surface area contributed by atoms with Crippen LogP contribution in [0.2, 0.25) is 0 Å². The molecule has 3 heterocycles. The van der Waals surface area contributed by atoms with Crippen LogP contribution in [0.1, 0.15) is 67.9 Å². The van der Waals surface area contributed by atoms with Crippen molar-refractivity contribution < 1.29 is 9.18 Å². The summed E-state index contributed by atoms with van der Waals surface area (Å²) in [7, 11) is 0. The fraction of sp³-hybridized carbons (Fsp3) is 0.462. The Morgan fingerprint density at radius 2 is 1.79 bits per heavy atom. The summed E-state index contributed by atoms with van der Waals surface area (Å²) >= 11 is 0. The van der Waals surface area contributed by atoms with Crippen LogP contribution in [0, 0.1) is 5.82 Å². The fourth-order valence-corrected chi connectivity index (χ4v) is 5.62. The third-order valence-corrected chi connectivity index (χ3v) is 7.69. The number of imidazole rings is 1. The Kier molecular flexibility index (Phi) is 5.38. The van der Waals surface area contributed by atoms with Gasteiger partial charge in [-0.05, 0) is 49.8 Å². The number of aromatic nitrogens is 2. The Bertz CT molecular complexity index is 1150. The third kappa shape index (κ3) is 3.83. The summed E-state index contributed by atoms with van der Waals surface area (Å²) in [5, 5.41) is 0. The van der Waals surface area contributed by atoms with Crippen molar-refractivity contribution in [2.24, 2.45) is 0 Å². The van der Waals surface area contributed by atoms with Gasteiger partial charge in [0.25, 0.3) is 0 Å². The molecule has 172 valence electrons. The molecule has 2 saturated heterocycles. The van der Waals surface area contributed by atoms with Gasteiger partial charge >= 0.3 is 0 Å². The zero-order valence-electron chi connectivity index (χ0n) is 18.7. The van der Waals surface area contributed by atoms with E-state index in [0.717, 1.165) is 62.1 Å². The van der Waals surface area contributed by atoms with Crippen LogP contribution in [-0.4, -0.2) is 39.5 Å². The predicted octanol–water partition coefficient (Wildman–Crippen LogP) is 4.21. The van der Waals surface area contributed by atoms with E-state index < -0.39 is 0 Å². The second-order valence-electron chi connectivity index (χ2n) is 9.70. The topological polar surface area (TPSA) is 62.2 Å². The molecule has 1 saturated carbocycles. The van der Waals surface area contributed by atoms with E-state index in [1.165, 1.54) is 18.1 Å². The predicted molar refractivity (Wildman–Crippen MR) is 125 cm³/mol. The fourth-order valence-electron chi connectivity index (χ4n) is 5.62. The number of hydrazine groups is 1. The Morgan fingerprint density at radius 3 is 2.52 bits per heavy atom. The molecule has 3 aliphatic rings. The molecule has 0 radical (unpaired) electrons. The van der Waals surface area contributed by atoms with Crippen molar-refractivity contribution in [2.45, 2.75) is 62.6 Å². The molecular weight excluding hydrogens is 417 g/mol. The number of hydrogen-bond acceptors (Lipinski definition) is 4. The number of nitrogens with zero attached hydrogens (tertiary/aromatic N) is 3. The van der Waals surface area contributed by atoms with Crippen LogP contribution in [0.25, 0.3) is 11.0 Å². The van der Waals surface area contributed by atoms with Crippen LogP contribution in [0.15, 0.2) is 48.5 Å². The van der Waals surface area contributed by atoms with E-state index in [2.05, 4.69) is 27.6 Å². The number of hydrogen-bond donors (Lipinski definition) is 2. The molecule has 6 rings (SSSR count). The lowest BCUT2D eigenvalue weighted by molar-refractivity contribution is -0.134. The largest absolute Gasteiger partial charge is 0.341 e. The molecule has 1 aromatic heterocycles.